The number of hydrogen-bond acceptors (Lipinski definition) is 2. The molecule has 1 N–H and O–H groups in total. The second-order valence-corrected chi connectivity index (χ2v) is 10.7. The quantitative estimate of drug-likeness (QED) is 0.323. The number of piperazine rings is 1. The number of hydrogen-bond donors (Lipinski definition) is 1. The van der Waals surface area contributed by atoms with E-state index in [0.29, 0.717) is 16.5 Å². The van der Waals surface area contributed by atoms with Gasteiger partial charge in [-0.25, -0.2) is 0 Å². The number of para-hydroxylation sites is 1. The first-order valence-electron chi connectivity index (χ1n) is 11.3. The largest absolute Gasteiger partial charge is 0.356 e. The number of amides is 2. The van der Waals surface area contributed by atoms with Crippen LogP contribution in [0.15, 0.2) is 71.2 Å². The van der Waals surface area contributed by atoms with Crippen LogP contribution in [0.4, 0.5) is 0 Å². The summed E-state index contributed by atoms with van der Waals surface area (Å²) >= 11 is 16.0. The number of rotatable bonds is 3. The predicted octanol–water partition coefficient (Wildman–Crippen LogP) is 6.12. The van der Waals surface area contributed by atoms with Crippen molar-refractivity contribution < 1.29 is 9.59 Å². The van der Waals surface area contributed by atoms with Crippen LogP contribution in [0.3, 0.4) is 0 Å². The zero-order chi connectivity index (χ0) is 24.3. The van der Waals surface area contributed by atoms with Gasteiger partial charge in [-0.2, -0.15) is 0 Å². The van der Waals surface area contributed by atoms with E-state index in [1.807, 2.05) is 42.5 Å². The van der Waals surface area contributed by atoms with E-state index >= 15 is 0 Å². The molecule has 1 fully saturated rings. The van der Waals surface area contributed by atoms with Crippen LogP contribution in [0.2, 0.25) is 10.0 Å². The number of aromatic amines is 1. The molecule has 2 amide bonds. The molecular formula is C27H20BrCl2N3O2. The number of benzene rings is 3. The predicted molar refractivity (Wildman–Crippen MR) is 141 cm³/mol. The third-order valence-corrected chi connectivity index (χ3v) is 7.96. The second-order valence-electron chi connectivity index (χ2n) is 8.97. The van der Waals surface area contributed by atoms with E-state index in [1.165, 1.54) is 0 Å². The van der Waals surface area contributed by atoms with Gasteiger partial charge in [-0.15, -0.1) is 0 Å². The number of carbonyl (C=O) groups excluding carboxylic acids is 2. The van der Waals surface area contributed by atoms with Gasteiger partial charge < -0.3 is 14.8 Å². The topological polar surface area (TPSA) is 56.4 Å². The Morgan fingerprint density at radius 1 is 1.00 bits per heavy atom. The monoisotopic (exact) mass is 567 g/mol. The van der Waals surface area contributed by atoms with Crippen molar-refractivity contribution in [2.45, 2.75) is 25.0 Å². The highest BCUT2D eigenvalue weighted by atomic mass is 79.9. The molecule has 1 aromatic heterocycles. The first-order valence-corrected chi connectivity index (χ1v) is 12.8. The first kappa shape index (κ1) is 22.7. The van der Waals surface area contributed by atoms with Crippen molar-refractivity contribution in [2.24, 2.45) is 0 Å². The van der Waals surface area contributed by atoms with Crippen molar-refractivity contribution in [3.63, 3.8) is 0 Å². The number of H-pyrrole nitrogens is 1. The summed E-state index contributed by atoms with van der Waals surface area (Å²) < 4.78 is 0.921. The summed E-state index contributed by atoms with van der Waals surface area (Å²) in [6.07, 6.45) is 0.458. The molecule has 3 aromatic carbocycles. The normalized spacial score (nSPS) is 19.7. The Kier molecular flexibility index (Phi) is 5.63. The van der Waals surface area contributed by atoms with Gasteiger partial charge in [-0.05, 0) is 47.0 Å². The Morgan fingerprint density at radius 3 is 2.63 bits per heavy atom. The van der Waals surface area contributed by atoms with Crippen molar-refractivity contribution in [3.8, 4) is 0 Å². The van der Waals surface area contributed by atoms with Crippen LogP contribution in [0.5, 0.6) is 0 Å². The first-order chi connectivity index (χ1) is 16.9. The summed E-state index contributed by atoms with van der Waals surface area (Å²) in [7, 11) is 0. The molecule has 4 aromatic rings. The maximum absolute atomic E-state index is 13.8. The van der Waals surface area contributed by atoms with Gasteiger partial charge in [0.1, 0.15) is 12.6 Å². The fraction of sp³-hybridized carbons (Fsp3) is 0.185. The Balaban J connectivity index is 1.45. The van der Waals surface area contributed by atoms with E-state index in [4.69, 9.17) is 23.2 Å². The van der Waals surface area contributed by atoms with Crippen LogP contribution in [0, 0.1) is 0 Å². The molecule has 2 unspecified atom stereocenters. The number of aromatic nitrogens is 1. The van der Waals surface area contributed by atoms with Crippen LogP contribution in [-0.4, -0.2) is 39.2 Å². The highest BCUT2D eigenvalue weighted by molar-refractivity contribution is 9.10. The van der Waals surface area contributed by atoms with Crippen LogP contribution in [-0.2, 0) is 22.6 Å². The fourth-order valence-electron chi connectivity index (χ4n) is 5.34. The lowest BCUT2D eigenvalue weighted by atomic mass is 9.86. The molecule has 1 saturated heterocycles. The summed E-state index contributed by atoms with van der Waals surface area (Å²) in [4.78, 5) is 34.4. The van der Waals surface area contributed by atoms with Crippen LogP contribution in [0.1, 0.15) is 28.4 Å². The number of nitrogens with one attached hydrogen (secondary N) is 1. The zero-order valence-corrected chi connectivity index (χ0v) is 21.6. The summed E-state index contributed by atoms with van der Waals surface area (Å²) in [5.41, 5.74) is 4.77. The second kappa shape index (κ2) is 8.70. The van der Waals surface area contributed by atoms with Crippen LogP contribution >= 0.6 is 39.1 Å². The van der Waals surface area contributed by atoms with Gasteiger partial charge in [0.2, 0.25) is 11.8 Å². The van der Waals surface area contributed by atoms with Gasteiger partial charge in [-0.3, -0.25) is 9.59 Å². The molecule has 176 valence electrons. The van der Waals surface area contributed by atoms with E-state index in [-0.39, 0.29) is 30.9 Å². The number of carbonyl (C=O) groups is 2. The molecular weight excluding hydrogens is 549 g/mol. The fourth-order valence-corrected chi connectivity index (χ4v) is 6.22. The molecule has 0 aliphatic carbocycles. The lowest BCUT2D eigenvalue weighted by Crippen LogP contribution is -2.62. The molecule has 0 spiro atoms. The van der Waals surface area contributed by atoms with Crippen molar-refractivity contribution in [3.05, 3.63) is 104 Å². The Morgan fingerprint density at radius 2 is 1.83 bits per heavy atom. The lowest BCUT2D eigenvalue weighted by Gasteiger charge is -2.47. The minimum atomic E-state index is -0.599. The summed E-state index contributed by atoms with van der Waals surface area (Å²) in [5.74, 6) is -0.166. The van der Waals surface area contributed by atoms with Gasteiger partial charge >= 0.3 is 0 Å². The van der Waals surface area contributed by atoms with Crippen molar-refractivity contribution in [1.82, 2.24) is 14.8 Å². The third kappa shape index (κ3) is 3.84. The van der Waals surface area contributed by atoms with Gasteiger partial charge in [0, 0.05) is 44.1 Å². The van der Waals surface area contributed by atoms with Crippen molar-refractivity contribution in [2.75, 3.05) is 6.54 Å². The number of nitrogens with zero attached hydrogens (tertiary/aromatic N) is 2. The summed E-state index contributed by atoms with van der Waals surface area (Å²) in [6.45, 7) is 0.252. The smallest absolute Gasteiger partial charge is 0.246 e. The van der Waals surface area contributed by atoms with Crippen LogP contribution < -0.4 is 0 Å². The average molecular weight is 569 g/mol. The molecule has 0 saturated carbocycles. The lowest BCUT2D eigenvalue weighted by molar-refractivity contribution is -0.159. The van der Waals surface area contributed by atoms with Crippen molar-refractivity contribution in [1.29, 1.82) is 0 Å². The Hall–Kier alpha value is -2.80. The minimum absolute atomic E-state index is 0.00560. The number of fused-ring (bicyclic) bond motifs is 4. The van der Waals surface area contributed by atoms with Gasteiger partial charge in [-0.1, -0.05) is 75.5 Å². The van der Waals surface area contributed by atoms with Gasteiger partial charge in [0.25, 0.3) is 0 Å². The van der Waals surface area contributed by atoms with Crippen molar-refractivity contribution >= 4 is 61.8 Å². The maximum atomic E-state index is 13.8. The van der Waals surface area contributed by atoms with E-state index in [2.05, 4.69) is 27.0 Å². The molecule has 3 heterocycles. The summed E-state index contributed by atoms with van der Waals surface area (Å²) in [5, 5.41) is 2.09. The van der Waals surface area contributed by atoms with Gasteiger partial charge in [0.15, 0.2) is 0 Å². The standard InChI is InChI=1S/C27H20BrCl2N3O2/c28-17-5-3-4-15(10-17)26-25-20(19-6-1-2-7-22(19)31-25)12-23-27(35)32(14-24(34)33(23)26)13-16-8-9-18(29)11-21(16)30/h1-11,23,26,31H,12-14H2. The molecule has 2 aliphatic heterocycles. The maximum Gasteiger partial charge on any atom is 0.246 e. The van der Waals surface area contributed by atoms with E-state index in [1.54, 1.807) is 28.0 Å². The van der Waals surface area contributed by atoms with Gasteiger partial charge in [0.05, 0.1) is 6.04 Å². The zero-order valence-electron chi connectivity index (χ0n) is 18.5. The highest BCUT2D eigenvalue weighted by Crippen LogP contribution is 2.43. The molecule has 5 nitrogen and oxygen atoms in total. The molecule has 35 heavy (non-hydrogen) atoms. The molecule has 0 radical (unpaired) electrons. The molecule has 8 heteroatoms. The molecule has 0 bridgehead atoms. The van der Waals surface area contributed by atoms with E-state index < -0.39 is 6.04 Å². The third-order valence-electron chi connectivity index (χ3n) is 6.88. The average Bonchev–Trinajstić information content (AvgIpc) is 3.21. The van der Waals surface area contributed by atoms with E-state index in [0.717, 1.165) is 37.8 Å². The molecule has 2 atom stereocenters. The van der Waals surface area contributed by atoms with E-state index in [9.17, 15) is 9.59 Å². The minimum Gasteiger partial charge on any atom is -0.356 e. The Bertz CT molecular complexity index is 1500. The molecule has 2 aliphatic rings. The van der Waals surface area contributed by atoms with Crippen LogP contribution in [0.25, 0.3) is 10.9 Å². The Labute approximate surface area is 220 Å². The summed E-state index contributed by atoms with van der Waals surface area (Å²) in [6, 6.07) is 20.2. The SMILES string of the molecule is O=C1C2Cc3c([nH]c4ccccc34)C(c3cccc(Br)c3)N2C(=O)CN1Cc1ccc(Cl)cc1Cl. The molecule has 6 rings (SSSR count). The highest BCUT2D eigenvalue weighted by Gasteiger charge is 2.48. The number of halogens is 3.